The van der Waals surface area contributed by atoms with Crippen molar-refractivity contribution in [1.29, 1.82) is 0 Å². The van der Waals surface area contributed by atoms with E-state index in [2.05, 4.69) is 78.1 Å². The van der Waals surface area contributed by atoms with Crippen LogP contribution in [0, 0.1) is 27.7 Å². The normalized spacial score (nSPS) is 19.0. The zero-order chi connectivity index (χ0) is 21.3. The summed E-state index contributed by atoms with van der Waals surface area (Å²) < 4.78 is 0. The second-order valence-corrected chi connectivity index (χ2v) is 9.04. The van der Waals surface area contributed by atoms with E-state index < -0.39 is 6.29 Å². The molecule has 2 aromatic carbocycles. The maximum Gasteiger partial charge on any atom is 0.226 e. The molecule has 1 fully saturated rings. The summed E-state index contributed by atoms with van der Waals surface area (Å²) in [7, 11) is 0. The highest BCUT2D eigenvalue weighted by molar-refractivity contribution is 7.99. The summed E-state index contributed by atoms with van der Waals surface area (Å²) in [5.74, 6) is 1.34. The number of rotatable bonds is 5. The van der Waals surface area contributed by atoms with Crippen molar-refractivity contribution in [2.24, 2.45) is 0 Å². The molecule has 0 saturated carbocycles. The fourth-order valence-corrected chi connectivity index (χ4v) is 4.66. The number of hydrogen-bond acceptors (Lipinski definition) is 6. The minimum Gasteiger partial charge on any atom is -0.323 e. The third-order valence-electron chi connectivity index (χ3n) is 5.21. The van der Waals surface area contributed by atoms with Crippen molar-refractivity contribution in [3.8, 4) is 0 Å². The number of fused-ring (bicyclic) bond motifs is 1. The Morgan fingerprint density at radius 2 is 1.83 bits per heavy atom. The molecule has 1 aliphatic heterocycles. The van der Waals surface area contributed by atoms with Crippen molar-refractivity contribution in [2.75, 3.05) is 11.1 Å². The van der Waals surface area contributed by atoms with E-state index in [1.807, 2.05) is 6.92 Å². The van der Waals surface area contributed by atoms with Crippen LogP contribution >= 0.6 is 11.8 Å². The van der Waals surface area contributed by atoms with Crippen LogP contribution in [0.15, 0.2) is 41.3 Å². The van der Waals surface area contributed by atoms with Crippen LogP contribution in [0.5, 0.6) is 0 Å². The van der Waals surface area contributed by atoms with Gasteiger partial charge in [0.05, 0.1) is 11.2 Å². The van der Waals surface area contributed by atoms with Crippen LogP contribution < -0.4 is 16.0 Å². The van der Waals surface area contributed by atoms with E-state index in [1.54, 1.807) is 11.8 Å². The largest absolute Gasteiger partial charge is 0.323 e. The molecule has 7 heteroatoms. The topological polar surface area (TPSA) is 78.9 Å². The van der Waals surface area contributed by atoms with Gasteiger partial charge in [0.1, 0.15) is 0 Å². The molecule has 1 amide bonds. The van der Waals surface area contributed by atoms with Crippen LogP contribution in [0.3, 0.4) is 0 Å². The smallest absolute Gasteiger partial charge is 0.226 e. The Bertz CT molecular complexity index is 1080. The lowest BCUT2D eigenvalue weighted by atomic mass is 10.1. The number of amides is 1. The van der Waals surface area contributed by atoms with E-state index >= 15 is 0 Å². The zero-order valence-electron chi connectivity index (χ0n) is 17.7. The molecular weight excluding hydrogens is 394 g/mol. The summed E-state index contributed by atoms with van der Waals surface area (Å²) in [5.41, 5.74) is 5.41. The Morgan fingerprint density at radius 1 is 1.07 bits per heavy atom. The lowest BCUT2D eigenvalue weighted by Gasteiger charge is -2.32. The first-order valence-electron chi connectivity index (χ1n) is 10.1. The van der Waals surface area contributed by atoms with E-state index in [4.69, 9.17) is 4.98 Å². The van der Waals surface area contributed by atoms with Gasteiger partial charge in [0.2, 0.25) is 11.9 Å². The van der Waals surface area contributed by atoms with Crippen molar-refractivity contribution in [1.82, 2.24) is 20.6 Å². The maximum atomic E-state index is 12.3. The van der Waals surface area contributed by atoms with Gasteiger partial charge in [-0.15, -0.1) is 11.8 Å². The maximum absolute atomic E-state index is 12.3. The number of nitrogens with one attached hydrogen (secondary N) is 3. The first kappa shape index (κ1) is 20.6. The molecule has 1 aliphatic rings. The predicted molar refractivity (Wildman–Crippen MR) is 123 cm³/mol. The third kappa shape index (κ3) is 4.74. The van der Waals surface area contributed by atoms with Gasteiger partial charge in [-0.05, 0) is 51.5 Å². The van der Waals surface area contributed by atoms with Crippen LogP contribution in [0.1, 0.15) is 28.8 Å². The van der Waals surface area contributed by atoms with Crippen LogP contribution in [0.4, 0.5) is 5.95 Å². The van der Waals surface area contributed by atoms with Gasteiger partial charge in [0.25, 0.3) is 0 Å². The average Bonchev–Trinajstić information content (AvgIpc) is 2.68. The predicted octanol–water partition coefficient (Wildman–Crippen LogP) is 3.83. The molecule has 0 spiro atoms. The molecule has 0 radical (unpaired) electrons. The summed E-state index contributed by atoms with van der Waals surface area (Å²) in [5, 5.41) is 10.7. The molecule has 2 heterocycles. The van der Waals surface area contributed by atoms with Gasteiger partial charge >= 0.3 is 0 Å². The number of carbonyl (C=O) groups is 1. The summed E-state index contributed by atoms with van der Waals surface area (Å²) in [6.45, 7) is 8.21. The minimum atomic E-state index is -0.405. The summed E-state index contributed by atoms with van der Waals surface area (Å²) in [6, 6.07) is 12.8. The van der Waals surface area contributed by atoms with Crippen molar-refractivity contribution in [2.45, 2.75) is 51.3 Å². The van der Waals surface area contributed by atoms with Crippen molar-refractivity contribution in [3.05, 3.63) is 58.8 Å². The monoisotopic (exact) mass is 421 g/mol. The van der Waals surface area contributed by atoms with Gasteiger partial charge in [-0.1, -0.05) is 29.3 Å². The van der Waals surface area contributed by atoms with Crippen molar-refractivity contribution in [3.63, 3.8) is 0 Å². The van der Waals surface area contributed by atoms with Gasteiger partial charge in [-0.2, -0.15) is 0 Å². The molecule has 6 nitrogen and oxygen atoms in total. The SMILES string of the molecule is Cc1ccc(SCC2CC(=O)NC(Nc3nc(C)c4cc(C)cc(C)c4n3)N2)cc1. The molecule has 4 rings (SSSR count). The fourth-order valence-electron chi connectivity index (χ4n) is 3.72. The fraction of sp³-hybridized carbons (Fsp3) is 0.348. The van der Waals surface area contributed by atoms with Gasteiger partial charge in [0, 0.05) is 28.5 Å². The third-order valence-corrected chi connectivity index (χ3v) is 6.39. The summed E-state index contributed by atoms with van der Waals surface area (Å²) in [6.07, 6.45) is 0.0463. The molecule has 1 saturated heterocycles. The highest BCUT2D eigenvalue weighted by Crippen LogP contribution is 2.23. The van der Waals surface area contributed by atoms with E-state index in [0.717, 1.165) is 27.9 Å². The van der Waals surface area contributed by atoms with Gasteiger partial charge < -0.3 is 10.6 Å². The quantitative estimate of drug-likeness (QED) is 0.544. The molecule has 3 N–H and O–H groups in total. The van der Waals surface area contributed by atoms with E-state index in [0.29, 0.717) is 12.4 Å². The number of nitrogens with zero attached hydrogens (tertiary/aromatic N) is 2. The molecule has 0 aliphatic carbocycles. The number of anilines is 1. The van der Waals surface area contributed by atoms with Crippen molar-refractivity contribution >= 4 is 34.5 Å². The number of carbonyl (C=O) groups excluding carboxylic acids is 1. The van der Waals surface area contributed by atoms with Gasteiger partial charge in [0.15, 0.2) is 6.29 Å². The first-order valence-corrected chi connectivity index (χ1v) is 11.1. The molecule has 1 aromatic heterocycles. The lowest BCUT2D eigenvalue weighted by Crippen LogP contribution is -2.60. The molecular formula is C23H27N5OS. The van der Waals surface area contributed by atoms with E-state index in [-0.39, 0.29) is 11.9 Å². The second-order valence-electron chi connectivity index (χ2n) is 7.95. The van der Waals surface area contributed by atoms with Crippen molar-refractivity contribution < 1.29 is 4.79 Å². The average molecular weight is 422 g/mol. The van der Waals surface area contributed by atoms with E-state index in [9.17, 15) is 4.79 Å². The number of hydrogen-bond donors (Lipinski definition) is 3. The minimum absolute atomic E-state index is 0.0186. The Kier molecular flexibility index (Phi) is 5.92. The van der Waals surface area contributed by atoms with Crippen LogP contribution in [0.2, 0.25) is 0 Å². The molecule has 2 unspecified atom stereocenters. The number of aromatic nitrogens is 2. The Hall–Kier alpha value is -2.64. The number of aryl methyl sites for hydroxylation is 4. The summed E-state index contributed by atoms with van der Waals surface area (Å²) in [4.78, 5) is 22.8. The van der Waals surface area contributed by atoms with E-state index in [1.165, 1.54) is 16.0 Å². The number of thioether (sulfide) groups is 1. The Labute approximate surface area is 181 Å². The van der Waals surface area contributed by atoms with Crippen LogP contribution in [-0.2, 0) is 4.79 Å². The van der Waals surface area contributed by atoms with Gasteiger partial charge in [-0.3, -0.25) is 10.1 Å². The zero-order valence-corrected chi connectivity index (χ0v) is 18.6. The second kappa shape index (κ2) is 8.62. The molecule has 156 valence electrons. The van der Waals surface area contributed by atoms with Crippen LogP contribution in [0.25, 0.3) is 10.9 Å². The number of benzene rings is 2. The van der Waals surface area contributed by atoms with Crippen LogP contribution in [-0.4, -0.2) is 34.0 Å². The lowest BCUT2D eigenvalue weighted by molar-refractivity contribution is -0.123. The molecule has 30 heavy (non-hydrogen) atoms. The molecule has 3 aromatic rings. The Balaban J connectivity index is 1.46. The summed E-state index contributed by atoms with van der Waals surface area (Å²) >= 11 is 1.75. The highest BCUT2D eigenvalue weighted by atomic mass is 32.2. The standard InChI is InChI=1S/C23H27N5OS/c1-13-5-7-18(8-6-13)30-12-17-11-20(29)26-23(25-17)28-22-24-16(4)19-10-14(2)9-15(3)21(19)27-22/h5-10,17,23,25H,11-12H2,1-4H3,(H,26,29)(H,24,27,28). The molecule has 2 atom stereocenters. The first-order chi connectivity index (χ1) is 14.4. The molecule has 0 bridgehead atoms. The highest BCUT2D eigenvalue weighted by Gasteiger charge is 2.26. The van der Waals surface area contributed by atoms with Gasteiger partial charge in [-0.25, -0.2) is 9.97 Å². The Morgan fingerprint density at radius 3 is 2.60 bits per heavy atom.